The summed E-state index contributed by atoms with van der Waals surface area (Å²) in [5.74, 6) is 1.33. The average Bonchev–Trinajstić information content (AvgIpc) is 4.05. The van der Waals surface area contributed by atoms with Gasteiger partial charge in [-0.2, -0.15) is 0 Å². The van der Waals surface area contributed by atoms with Crippen LogP contribution in [0.4, 0.5) is 17.3 Å². The van der Waals surface area contributed by atoms with E-state index in [2.05, 4.69) is 74.9 Å². The zero-order valence-corrected chi connectivity index (χ0v) is 43.3. The third-order valence-corrected chi connectivity index (χ3v) is 18.5. The number of piperidine rings is 5. The molecule has 5 amide bonds. The van der Waals surface area contributed by atoms with E-state index >= 15 is 4.79 Å². The average molecular weight is 992 g/mol. The molecule has 5 saturated heterocycles. The van der Waals surface area contributed by atoms with Gasteiger partial charge in [0.1, 0.15) is 11.3 Å². The number of hydrogen-bond acceptors (Lipinski definition) is 11. The van der Waals surface area contributed by atoms with Crippen LogP contribution in [-0.2, 0) is 29.4 Å². The fraction of sp³-hybridized carbons (Fsp3) is 0.614. The van der Waals surface area contributed by atoms with Crippen molar-refractivity contribution < 1.29 is 24.0 Å². The van der Waals surface area contributed by atoms with Crippen LogP contribution in [0.15, 0.2) is 42.9 Å². The van der Waals surface area contributed by atoms with E-state index in [0.29, 0.717) is 89.9 Å². The van der Waals surface area contributed by atoms with E-state index in [9.17, 15) is 19.2 Å². The number of amides is 5. The van der Waals surface area contributed by atoms with Crippen LogP contribution in [0.2, 0.25) is 0 Å². The van der Waals surface area contributed by atoms with Gasteiger partial charge < -0.3 is 34.4 Å². The Morgan fingerprint density at radius 2 is 1.53 bits per heavy atom. The van der Waals surface area contributed by atoms with Crippen LogP contribution in [-0.4, -0.2) is 134 Å². The van der Waals surface area contributed by atoms with Gasteiger partial charge in [-0.1, -0.05) is 31.5 Å². The Bertz CT molecular complexity index is 2840. The number of nitrogens with zero attached hydrogens (tertiary/aromatic N) is 9. The van der Waals surface area contributed by atoms with Crippen LogP contribution < -0.4 is 20.4 Å². The minimum Gasteiger partial charge on any atom is -0.366 e. The molecule has 6 aliphatic heterocycles. The molecular formula is C57H73N11O5. The Morgan fingerprint density at radius 1 is 0.808 bits per heavy atom. The van der Waals surface area contributed by atoms with Gasteiger partial charge in [-0.05, 0) is 146 Å². The fourth-order valence-corrected chi connectivity index (χ4v) is 13.7. The van der Waals surface area contributed by atoms with Crippen LogP contribution in [0.25, 0.3) is 22.3 Å². The molecule has 12 rings (SSSR count). The van der Waals surface area contributed by atoms with Crippen molar-refractivity contribution in [3.63, 3.8) is 0 Å². The first-order valence-corrected chi connectivity index (χ1v) is 27.8. The van der Waals surface area contributed by atoms with E-state index in [4.69, 9.17) is 15.0 Å². The lowest BCUT2D eigenvalue weighted by molar-refractivity contribution is -0.150. The van der Waals surface area contributed by atoms with E-state index in [0.717, 1.165) is 108 Å². The summed E-state index contributed by atoms with van der Waals surface area (Å²) in [5.41, 5.74) is 6.44. The van der Waals surface area contributed by atoms with Gasteiger partial charge in [0.15, 0.2) is 5.82 Å². The Balaban J connectivity index is 0.707. The standard InChI is InChI=1S/C57H73N11O5/c1-35(2)67-34-59-46-32-45(61-50(49(46)67)60-40-9-10-40)38-8-12-44-47(29-38)68(42-30-41(31-42)63-20-6-5-7-21-63)55(73)57(44)18-26-66(27-19-57)54(72)56(4)16-24-65(25-17-56)53(71)37-14-22-64(23-15-37)51-36(3)28-39(33-58-51)43-11-13-48(69)62-52(43)70/h8,12,28-29,32-35,37,40-43H,5-7,9-11,13-27,30-31H2,1-4H3,(H,60,61)(H,62,69,70)/t41-,42+,43?. The number of likely N-dealkylation sites (tertiary alicyclic amines) is 3. The molecule has 386 valence electrons. The number of aryl methyl sites for hydroxylation is 1. The number of pyridine rings is 2. The van der Waals surface area contributed by atoms with Crippen molar-refractivity contribution in [2.45, 2.75) is 160 Å². The normalized spacial score (nSPS) is 25.6. The molecule has 9 heterocycles. The fourth-order valence-electron chi connectivity index (χ4n) is 13.7. The lowest BCUT2D eigenvalue weighted by Gasteiger charge is -2.48. The largest absolute Gasteiger partial charge is 0.366 e. The highest BCUT2D eigenvalue weighted by Crippen LogP contribution is 2.53. The molecule has 0 radical (unpaired) electrons. The zero-order chi connectivity index (χ0) is 50.3. The molecule has 0 bridgehead atoms. The minimum absolute atomic E-state index is 0.0768. The SMILES string of the molecule is Cc1cc(C2CCC(=O)NC2=O)cnc1N1CCC(C(=O)N2CCC(C)(C(=O)N3CCC4(CC3)C(=O)N([C@H]3C[C@@H](N5CCCCC5)C3)c3cc(-c5cc6ncn(C(C)C)c6c(NC6CC6)n5)ccc34)CC2)CC1. The highest BCUT2D eigenvalue weighted by Gasteiger charge is 2.56. The highest BCUT2D eigenvalue weighted by atomic mass is 16.2. The molecule has 4 aromatic rings. The number of anilines is 3. The molecular weight excluding hydrogens is 919 g/mol. The molecule has 8 aliphatic rings. The Kier molecular flexibility index (Phi) is 12.4. The molecule has 1 atom stereocenters. The molecule has 2 saturated carbocycles. The quantitative estimate of drug-likeness (QED) is 0.154. The monoisotopic (exact) mass is 992 g/mol. The van der Waals surface area contributed by atoms with E-state index in [1.54, 1.807) is 6.20 Å². The maximum atomic E-state index is 15.3. The molecule has 2 N–H and O–H groups in total. The van der Waals surface area contributed by atoms with Crippen molar-refractivity contribution in [2.24, 2.45) is 11.3 Å². The molecule has 1 spiro atoms. The number of imidazole rings is 1. The van der Waals surface area contributed by atoms with Crippen LogP contribution in [0.1, 0.15) is 146 Å². The molecule has 73 heavy (non-hydrogen) atoms. The smallest absolute Gasteiger partial charge is 0.238 e. The first kappa shape index (κ1) is 48.1. The lowest BCUT2D eigenvalue weighted by atomic mass is 9.72. The Hall–Kier alpha value is -5.90. The highest BCUT2D eigenvalue weighted by molar-refractivity contribution is 6.09. The van der Waals surface area contributed by atoms with Crippen LogP contribution in [0.5, 0.6) is 0 Å². The second-order valence-electron chi connectivity index (χ2n) is 23.6. The maximum absolute atomic E-state index is 15.3. The number of fused-ring (bicyclic) bond motifs is 3. The van der Waals surface area contributed by atoms with Crippen molar-refractivity contribution in [1.82, 2.24) is 39.5 Å². The summed E-state index contributed by atoms with van der Waals surface area (Å²) in [4.78, 5) is 94.1. The topological polar surface area (TPSA) is 169 Å². The van der Waals surface area contributed by atoms with Gasteiger partial charge >= 0.3 is 0 Å². The number of nitrogens with one attached hydrogen (secondary N) is 2. The Labute approximate surface area is 429 Å². The third-order valence-electron chi connectivity index (χ3n) is 18.5. The second-order valence-corrected chi connectivity index (χ2v) is 23.6. The number of carbonyl (C=O) groups is 5. The van der Waals surface area contributed by atoms with E-state index in [-0.39, 0.29) is 53.5 Å². The maximum Gasteiger partial charge on any atom is 0.238 e. The summed E-state index contributed by atoms with van der Waals surface area (Å²) in [6, 6.07) is 12.0. The summed E-state index contributed by atoms with van der Waals surface area (Å²) < 4.78 is 2.20. The predicted molar refractivity (Wildman–Crippen MR) is 280 cm³/mol. The van der Waals surface area contributed by atoms with Crippen molar-refractivity contribution in [3.8, 4) is 11.3 Å². The van der Waals surface area contributed by atoms with Gasteiger partial charge in [0.25, 0.3) is 0 Å². The second kappa shape index (κ2) is 18.8. The van der Waals surface area contributed by atoms with E-state index < -0.39 is 10.8 Å². The number of carbonyl (C=O) groups excluding carboxylic acids is 5. The number of imide groups is 1. The summed E-state index contributed by atoms with van der Waals surface area (Å²) in [6.45, 7) is 14.3. The molecule has 16 heteroatoms. The lowest BCUT2D eigenvalue weighted by Crippen LogP contribution is -2.59. The van der Waals surface area contributed by atoms with Crippen LogP contribution in [0.3, 0.4) is 0 Å². The number of aromatic nitrogens is 4. The molecule has 2 aliphatic carbocycles. The Morgan fingerprint density at radius 3 is 2.22 bits per heavy atom. The third kappa shape index (κ3) is 8.66. The van der Waals surface area contributed by atoms with Crippen LogP contribution >= 0.6 is 0 Å². The molecule has 1 unspecified atom stereocenters. The van der Waals surface area contributed by atoms with Gasteiger partial charge in [0.2, 0.25) is 29.5 Å². The minimum atomic E-state index is -0.687. The number of benzene rings is 1. The predicted octanol–water partition coefficient (Wildman–Crippen LogP) is 7.25. The van der Waals surface area contributed by atoms with Crippen LogP contribution in [0, 0.1) is 18.3 Å². The molecule has 16 nitrogen and oxygen atoms in total. The summed E-state index contributed by atoms with van der Waals surface area (Å²) in [7, 11) is 0. The van der Waals surface area contributed by atoms with Gasteiger partial charge in [-0.15, -0.1) is 0 Å². The van der Waals surface area contributed by atoms with Crippen molar-refractivity contribution >= 4 is 57.9 Å². The van der Waals surface area contributed by atoms with Gasteiger partial charge in [-0.3, -0.25) is 29.3 Å². The number of hydrogen-bond donors (Lipinski definition) is 2. The molecule has 7 fully saturated rings. The van der Waals surface area contributed by atoms with Crippen molar-refractivity contribution in [3.05, 3.63) is 59.5 Å². The summed E-state index contributed by atoms with van der Waals surface area (Å²) in [6.07, 6.45) is 16.4. The summed E-state index contributed by atoms with van der Waals surface area (Å²) >= 11 is 0. The van der Waals surface area contributed by atoms with Gasteiger partial charge in [0.05, 0.1) is 28.9 Å². The summed E-state index contributed by atoms with van der Waals surface area (Å²) in [5, 5.41) is 6.16. The first-order valence-electron chi connectivity index (χ1n) is 27.8. The molecule has 3 aromatic heterocycles. The molecule has 1 aromatic carbocycles. The zero-order valence-electron chi connectivity index (χ0n) is 43.3. The van der Waals surface area contributed by atoms with E-state index in [1.807, 2.05) is 29.1 Å². The van der Waals surface area contributed by atoms with Crippen molar-refractivity contribution in [2.75, 3.05) is 67.5 Å². The van der Waals surface area contributed by atoms with Gasteiger partial charge in [-0.25, -0.2) is 15.0 Å². The number of rotatable bonds is 10. The van der Waals surface area contributed by atoms with E-state index in [1.165, 1.54) is 19.3 Å². The van der Waals surface area contributed by atoms with Crippen molar-refractivity contribution in [1.29, 1.82) is 0 Å². The first-order chi connectivity index (χ1) is 35.3. The van der Waals surface area contributed by atoms with Gasteiger partial charge in [0, 0.05) is 98.6 Å².